The van der Waals surface area contributed by atoms with Crippen molar-refractivity contribution in [2.24, 2.45) is 0 Å². The fourth-order valence-corrected chi connectivity index (χ4v) is 3.70. The summed E-state index contributed by atoms with van der Waals surface area (Å²) in [6.45, 7) is 5.37. The standard InChI is InChI=1S/C24H24N2O3/c1-3-5-15-29-17-11-9-16(10-12-17)23(27)25-20-13-14-21-22-18(20)7-6-8-19(22)24(28)26(21)4-2/h6-14H,3-5,15H2,1-2H3,(H,25,27). The normalized spacial score (nSPS) is 12.5. The van der Waals surface area contributed by atoms with E-state index in [1.54, 1.807) is 17.0 Å². The summed E-state index contributed by atoms with van der Waals surface area (Å²) in [6.07, 6.45) is 2.09. The van der Waals surface area contributed by atoms with E-state index < -0.39 is 0 Å². The summed E-state index contributed by atoms with van der Waals surface area (Å²) in [5, 5.41) is 4.77. The van der Waals surface area contributed by atoms with Crippen LogP contribution in [0.4, 0.5) is 11.4 Å². The van der Waals surface area contributed by atoms with Crippen LogP contribution < -0.4 is 15.0 Å². The molecule has 0 aliphatic carbocycles. The van der Waals surface area contributed by atoms with Crippen molar-refractivity contribution in [1.82, 2.24) is 0 Å². The SMILES string of the molecule is CCCCOc1ccc(C(=O)Nc2ccc3c4c(cccc24)C(=O)N3CC)cc1. The van der Waals surface area contributed by atoms with Gasteiger partial charge in [-0.2, -0.15) is 0 Å². The van der Waals surface area contributed by atoms with Gasteiger partial charge >= 0.3 is 0 Å². The second-order valence-corrected chi connectivity index (χ2v) is 7.09. The molecule has 3 aromatic carbocycles. The monoisotopic (exact) mass is 388 g/mol. The van der Waals surface area contributed by atoms with Gasteiger partial charge in [0.25, 0.3) is 11.8 Å². The van der Waals surface area contributed by atoms with Gasteiger partial charge in [0, 0.05) is 34.1 Å². The molecule has 1 heterocycles. The molecule has 0 unspecified atom stereocenters. The molecule has 0 radical (unpaired) electrons. The van der Waals surface area contributed by atoms with E-state index in [9.17, 15) is 9.59 Å². The molecule has 2 amide bonds. The van der Waals surface area contributed by atoms with Crippen LogP contribution in [-0.2, 0) is 0 Å². The lowest BCUT2D eigenvalue weighted by atomic mass is 10.0. The van der Waals surface area contributed by atoms with Gasteiger partial charge in [-0.3, -0.25) is 9.59 Å². The lowest BCUT2D eigenvalue weighted by Gasteiger charge is -2.15. The van der Waals surface area contributed by atoms with E-state index >= 15 is 0 Å². The van der Waals surface area contributed by atoms with Gasteiger partial charge in [0.1, 0.15) is 5.75 Å². The first-order chi connectivity index (χ1) is 14.1. The highest BCUT2D eigenvalue weighted by molar-refractivity contribution is 6.27. The maximum absolute atomic E-state index is 12.8. The lowest BCUT2D eigenvalue weighted by Crippen LogP contribution is -2.25. The van der Waals surface area contributed by atoms with E-state index in [2.05, 4.69) is 12.2 Å². The fraction of sp³-hybridized carbons (Fsp3) is 0.250. The van der Waals surface area contributed by atoms with Crippen molar-refractivity contribution in [2.75, 3.05) is 23.4 Å². The summed E-state index contributed by atoms with van der Waals surface area (Å²) in [6, 6.07) is 16.6. The zero-order chi connectivity index (χ0) is 20.4. The minimum absolute atomic E-state index is 0.00948. The summed E-state index contributed by atoms with van der Waals surface area (Å²) in [5.74, 6) is 0.580. The first-order valence-corrected chi connectivity index (χ1v) is 10.1. The van der Waals surface area contributed by atoms with Crippen molar-refractivity contribution in [3.05, 3.63) is 65.7 Å². The quantitative estimate of drug-likeness (QED) is 0.562. The molecule has 0 saturated heterocycles. The van der Waals surface area contributed by atoms with E-state index in [1.807, 2.05) is 49.4 Å². The van der Waals surface area contributed by atoms with Crippen LogP contribution in [-0.4, -0.2) is 25.0 Å². The lowest BCUT2D eigenvalue weighted by molar-refractivity contribution is 0.0992. The zero-order valence-corrected chi connectivity index (χ0v) is 16.7. The third-order valence-electron chi connectivity index (χ3n) is 5.23. The Bertz CT molecular complexity index is 1070. The van der Waals surface area contributed by atoms with Crippen LogP contribution in [0.25, 0.3) is 10.8 Å². The highest BCUT2D eigenvalue weighted by atomic mass is 16.5. The number of carbonyl (C=O) groups excluding carboxylic acids is 2. The number of amides is 2. The molecule has 0 atom stereocenters. The molecule has 3 aromatic rings. The number of anilines is 2. The Morgan fingerprint density at radius 1 is 1.03 bits per heavy atom. The molecule has 148 valence electrons. The van der Waals surface area contributed by atoms with E-state index in [-0.39, 0.29) is 11.8 Å². The maximum atomic E-state index is 12.8. The average molecular weight is 388 g/mol. The minimum Gasteiger partial charge on any atom is -0.494 e. The van der Waals surface area contributed by atoms with Crippen molar-refractivity contribution in [3.63, 3.8) is 0 Å². The number of carbonyl (C=O) groups is 2. The Kier molecular flexibility index (Phi) is 5.21. The van der Waals surface area contributed by atoms with Gasteiger partial charge in [-0.25, -0.2) is 0 Å². The molecule has 0 saturated carbocycles. The van der Waals surface area contributed by atoms with Gasteiger partial charge in [0.2, 0.25) is 0 Å². The number of hydrogen-bond acceptors (Lipinski definition) is 3. The van der Waals surface area contributed by atoms with Crippen LogP contribution in [0, 0.1) is 0 Å². The van der Waals surface area contributed by atoms with Crippen LogP contribution in [0.3, 0.4) is 0 Å². The van der Waals surface area contributed by atoms with E-state index in [0.717, 1.165) is 35.1 Å². The molecule has 4 rings (SSSR count). The van der Waals surface area contributed by atoms with Crippen LogP contribution in [0.15, 0.2) is 54.6 Å². The second-order valence-electron chi connectivity index (χ2n) is 7.09. The second kappa shape index (κ2) is 7.95. The number of unbranched alkanes of at least 4 members (excludes halogenated alkanes) is 1. The van der Waals surface area contributed by atoms with Gasteiger partial charge in [-0.1, -0.05) is 25.5 Å². The van der Waals surface area contributed by atoms with Crippen molar-refractivity contribution >= 4 is 34.0 Å². The highest BCUT2D eigenvalue weighted by Gasteiger charge is 2.29. The van der Waals surface area contributed by atoms with Crippen molar-refractivity contribution in [3.8, 4) is 5.75 Å². The Labute approximate surface area is 170 Å². The molecule has 29 heavy (non-hydrogen) atoms. The predicted molar refractivity (Wildman–Crippen MR) is 116 cm³/mol. The molecule has 5 nitrogen and oxygen atoms in total. The first-order valence-electron chi connectivity index (χ1n) is 10.1. The summed E-state index contributed by atoms with van der Waals surface area (Å²) < 4.78 is 5.65. The van der Waals surface area contributed by atoms with Crippen molar-refractivity contribution in [1.29, 1.82) is 0 Å². The Morgan fingerprint density at radius 2 is 1.83 bits per heavy atom. The third kappa shape index (κ3) is 3.44. The van der Waals surface area contributed by atoms with E-state index in [1.165, 1.54) is 0 Å². The zero-order valence-electron chi connectivity index (χ0n) is 16.7. The molecule has 1 aliphatic heterocycles. The Morgan fingerprint density at radius 3 is 2.55 bits per heavy atom. The molecule has 5 heteroatoms. The van der Waals surface area contributed by atoms with Crippen LogP contribution in [0.5, 0.6) is 5.75 Å². The number of nitrogens with one attached hydrogen (secondary N) is 1. The molecular weight excluding hydrogens is 364 g/mol. The van der Waals surface area contributed by atoms with E-state index in [0.29, 0.717) is 30.0 Å². The van der Waals surface area contributed by atoms with E-state index in [4.69, 9.17) is 4.74 Å². The van der Waals surface area contributed by atoms with Crippen molar-refractivity contribution < 1.29 is 14.3 Å². The molecule has 1 aliphatic rings. The van der Waals surface area contributed by atoms with Gasteiger partial charge in [0.05, 0.1) is 12.3 Å². The fourth-order valence-electron chi connectivity index (χ4n) is 3.70. The summed E-state index contributed by atoms with van der Waals surface area (Å²) >= 11 is 0. The van der Waals surface area contributed by atoms with Crippen molar-refractivity contribution in [2.45, 2.75) is 26.7 Å². The summed E-state index contributed by atoms with van der Waals surface area (Å²) in [5.41, 5.74) is 2.84. The van der Waals surface area contributed by atoms with Crippen LogP contribution in [0.2, 0.25) is 0 Å². The summed E-state index contributed by atoms with van der Waals surface area (Å²) in [4.78, 5) is 27.2. The summed E-state index contributed by atoms with van der Waals surface area (Å²) in [7, 11) is 0. The molecule has 0 aromatic heterocycles. The minimum atomic E-state index is -0.192. The highest BCUT2D eigenvalue weighted by Crippen LogP contribution is 2.40. The number of rotatable bonds is 7. The topological polar surface area (TPSA) is 58.6 Å². The molecule has 0 spiro atoms. The van der Waals surface area contributed by atoms with Gasteiger partial charge < -0.3 is 15.0 Å². The smallest absolute Gasteiger partial charge is 0.258 e. The molecule has 0 fully saturated rings. The maximum Gasteiger partial charge on any atom is 0.258 e. The predicted octanol–water partition coefficient (Wildman–Crippen LogP) is 5.25. The Balaban J connectivity index is 1.58. The van der Waals surface area contributed by atoms with Crippen LogP contribution >= 0.6 is 0 Å². The average Bonchev–Trinajstić information content (AvgIpc) is 3.03. The third-order valence-corrected chi connectivity index (χ3v) is 5.23. The largest absolute Gasteiger partial charge is 0.494 e. The Hall–Kier alpha value is -3.34. The number of nitrogens with zero attached hydrogens (tertiary/aromatic N) is 1. The number of hydrogen-bond donors (Lipinski definition) is 1. The van der Waals surface area contributed by atoms with Gasteiger partial charge in [0.15, 0.2) is 0 Å². The molecular formula is C24H24N2O3. The molecule has 0 bridgehead atoms. The number of ether oxygens (including phenoxy) is 1. The number of benzene rings is 3. The van der Waals surface area contributed by atoms with Crippen LogP contribution in [0.1, 0.15) is 47.4 Å². The first kappa shape index (κ1) is 19.0. The molecule has 1 N–H and O–H groups in total. The van der Waals surface area contributed by atoms with Gasteiger partial charge in [-0.05, 0) is 55.8 Å². The van der Waals surface area contributed by atoms with Gasteiger partial charge in [-0.15, -0.1) is 0 Å².